The maximum absolute atomic E-state index is 13.7. The SMILES string of the molecule is CCCCC1C(c2ccc(F)cc2)=NN(c2ccccc2)C1(C)C(=O)NCCCCCO.CCCCC1C(c2ccc(F)cc2)=NN(c2ccccc2)C1(C)C(=O)O.CCCCC1C(c2ccc(F)cc2)=NN(c2ccccc2)C1(C)C(=O)OC. The Balaban J connectivity index is 0.000000184. The standard InChI is InChI=1S/C26H34FN3O2.C22H25FN2O2.C21H23FN2O2/c1-3-4-13-23-24(20-14-16-21(27)17-15-20)29-30(22-11-7-5-8-12-22)26(23,2)25(32)28-18-9-6-10-19-31;1-4-5-11-19-20(16-12-14-17(23)15-13-16)24-25(18-9-7-6-8-10-18)22(19,2)21(26)27-3;1-3-4-10-18-19(15-11-13-16(22)14-12-15)23-24(21(18,2)20(25)26)17-8-6-5-7-9-17/h5,7-8,11-12,14-17,23,31H,3-4,6,9-10,13,18-19H2,1-2H3,(H,28,32);6-10,12-15,19H,4-5,11H2,1-3H3;5-9,11-14,18H,3-4,10H2,1-2H3,(H,25,26). The Morgan fingerprint density at radius 3 is 1.14 bits per heavy atom. The van der Waals surface area contributed by atoms with Crippen molar-refractivity contribution in [2.24, 2.45) is 33.1 Å². The van der Waals surface area contributed by atoms with Crippen molar-refractivity contribution in [2.45, 2.75) is 135 Å². The molecule has 0 aliphatic carbocycles. The van der Waals surface area contributed by atoms with Crippen LogP contribution in [0.2, 0.25) is 0 Å². The van der Waals surface area contributed by atoms with E-state index in [4.69, 9.17) is 25.1 Å². The van der Waals surface area contributed by atoms with Gasteiger partial charge in [0.25, 0.3) is 0 Å². The van der Waals surface area contributed by atoms with Gasteiger partial charge in [0, 0.05) is 30.9 Å². The average molecular weight is 1160 g/mol. The number of ether oxygens (including phenoxy) is 1. The Morgan fingerprint density at radius 2 is 0.812 bits per heavy atom. The molecule has 0 spiro atoms. The lowest BCUT2D eigenvalue weighted by Crippen LogP contribution is -2.58. The summed E-state index contributed by atoms with van der Waals surface area (Å²) in [4.78, 5) is 38.9. The van der Waals surface area contributed by atoms with Crippen molar-refractivity contribution in [1.29, 1.82) is 0 Å². The first-order valence-corrected chi connectivity index (χ1v) is 29.8. The average Bonchev–Trinajstić information content (AvgIpc) is 1.82. The van der Waals surface area contributed by atoms with E-state index in [-0.39, 0.29) is 53.7 Å². The molecule has 6 aromatic carbocycles. The lowest BCUT2D eigenvalue weighted by atomic mass is 9.77. The number of carboxylic acids is 1. The highest BCUT2D eigenvalue weighted by Crippen LogP contribution is 2.45. The van der Waals surface area contributed by atoms with Crippen LogP contribution in [0.15, 0.2) is 179 Å². The molecular weight excluding hydrogens is 1080 g/mol. The van der Waals surface area contributed by atoms with E-state index >= 15 is 0 Å². The number of aliphatic hydroxyl groups excluding tert-OH is 1. The molecule has 3 aliphatic rings. The van der Waals surface area contributed by atoms with E-state index in [1.807, 2.05) is 110 Å². The molecule has 450 valence electrons. The molecule has 6 atom stereocenters. The van der Waals surface area contributed by atoms with E-state index in [2.05, 4.69) is 26.1 Å². The first kappa shape index (κ1) is 64.5. The molecule has 16 heteroatoms. The first-order valence-electron chi connectivity index (χ1n) is 29.8. The van der Waals surface area contributed by atoms with Gasteiger partial charge in [-0.05, 0) is 149 Å². The summed E-state index contributed by atoms with van der Waals surface area (Å²) in [7, 11) is 1.41. The van der Waals surface area contributed by atoms with Crippen molar-refractivity contribution < 1.29 is 42.5 Å². The molecule has 3 N–H and O–H groups in total. The summed E-state index contributed by atoms with van der Waals surface area (Å²) < 4.78 is 45.6. The number of anilines is 3. The molecule has 0 saturated carbocycles. The number of para-hydroxylation sites is 3. The van der Waals surface area contributed by atoms with E-state index < -0.39 is 22.6 Å². The van der Waals surface area contributed by atoms with Gasteiger partial charge in [0.2, 0.25) is 5.91 Å². The Bertz CT molecular complexity index is 3210. The fourth-order valence-electron chi connectivity index (χ4n) is 11.6. The normalized spacial score (nSPS) is 21.4. The van der Waals surface area contributed by atoms with Gasteiger partial charge in [-0.15, -0.1) is 0 Å². The first-order chi connectivity index (χ1) is 41.0. The molecule has 0 bridgehead atoms. The third kappa shape index (κ3) is 14.5. The molecule has 6 aromatic rings. The van der Waals surface area contributed by atoms with Crippen molar-refractivity contribution in [2.75, 3.05) is 35.3 Å². The molecule has 0 saturated heterocycles. The van der Waals surface area contributed by atoms with Gasteiger partial charge in [0.1, 0.15) is 23.0 Å². The second-order valence-electron chi connectivity index (χ2n) is 22.3. The van der Waals surface area contributed by atoms with Crippen LogP contribution >= 0.6 is 0 Å². The van der Waals surface area contributed by atoms with Crippen LogP contribution in [0.25, 0.3) is 0 Å². The number of methoxy groups -OCH3 is 1. The summed E-state index contributed by atoms with van der Waals surface area (Å²) in [5, 5.41) is 41.9. The maximum Gasteiger partial charge on any atom is 0.334 e. The summed E-state index contributed by atoms with van der Waals surface area (Å²) in [5.41, 5.74) is 4.08. The molecule has 13 nitrogen and oxygen atoms in total. The maximum atomic E-state index is 13.7. The number of unbranched alkanes of at least 4 members (excludes halogenated alkanes) is 5. The third-order valence-corrected chi connectivity index (χ3v) is 16.5. The van der Waals surface area contributed by atoms with Gasteiger partial charge in [-0.3, -0.25) is 4.79 Å². The van der Waals surface area contributed by atoms with Crippen LogP contribution in [-0.2, 0) is 19.1 Å². The second-order valence-corrected chi connectivity index (χ2v) is 22.3. The number of nitrogens with one attached hydrogen (secondary N) is 1. The third-order valence-electron chi connectivity index (χ3n) is 16.5. The van der Waals surface area contributed by atoms with Gasteiger partial charge >= 0.3 is 11.9 Å². The number of carboxylic acid groups (broad SMARTS) is 1. The topological polar surface area (TPSA) is 160 Å². The van der Waals surface area contributed by atoms with Crippen LogP contribution in [0.4, 0.5) is 30.2 Å². The molecular formula is C69H82F3N7O6. The van der Waals surface area contributed by atoms with Gasteiger partial charge in [-0.25, -0.2) is 37.8 Å². The monoisotopic (exact) mass is 1160 g/mol. The van der Waals surface area contributed by atoms with E-state index in [9.17, 15) is 32.7 Å². The highest BCUT2D eigenvalue weighted by Gasteiger charge is 2.56. The number of aliphatic carboxylic acids is 1. The van der Waals surface area contributed by atoms with Crippen molar-refractivity contribution in [3.05, 3.63) is 198 Å². The summed E-state index contributed by atoms with van der Waals surface area (Å²) >= 11 is 0. The zero-order valence-electron chi connectivity index (χ0n) is 50.1. The second kappa shape index (κ2) is 30.1. The largest absolute Gasteiger partial charge is 0.479 e. The summed E-state index contributed by atoms with van der Waals surface area (Å²) in [5.74, 6) is -2.78. The summed E-state index contributed by atoms with van der Waals surface area (Å²) in [6.07, 6.45) is 10.5. The quantitative estimate of drug-likeness (QED) is 0.0419. The summed E-state index contributed by atoms with van der Waals surface area (Å²) in [6, 6.07) is 47.5. The number of halogens is 3. The van der Waals surface area contributed by atoms with E-state index in [0.717, 1.165) is 116 Å². The number of benzene rings is 6. The molecule has 1 amide bonds. The molecule has 3 aliphatic heterocycles. The van der Waals surface area contributed by atoms with Crippen LogP contribution in [0, 0.1) is 35.2 Å². The zero-order valence-corrected chi connectivity index (χ0v) is 50.1. The fourth-order valence-corrected chi connectivity index (χ4v) is 11.6. The number of amides is 1. The van der Waals surface area contributed by atoms with Gasteiger partial charge in [-0.2, -0.15) is 15.3 Å². The van der Waals surface area contributed by atoms with E-state index in [0.29, 0.717) is 18.7 Å². The Morgan fingerprint density at radius 1 is 0.482 bits per heavy atom. The van der Waals surface area contributed by atoms with E-state index in [1.54, 1.807) is 53.3 Å². The minimum Gasteiger partial charge on any atom is -0.479 e. The highest BCUT2D eigenvalue weighted by atomic mass is 19.1. The number of hydrazone groups is 3. The van der Waals surface area contributed by atoms with Gasteiger partial charge in [0.15, 0.2) is 11.1 Å². The predicted octanol–water partition coefficient (Wildman–Crippen LogP) is 14.4. The number of carbonyl (C=O) groups excluding carboxylic acids is 2. The molecule has 85 heavy (non-hydrogen) atoms. The molecule has 3 heterocycles. The highest BCUT2D eigenvalue weighted by molar-refractivity contribution is 6.12. The zero-order chi connectivity index (χ0) is 61.2. The minimum absolute atomic E-state index is 0.0627. The number of rotatable bonds is 23. The number of hydrogen-bond acceptors (Lipinski definition) is 11. The summed E-state index contributed by atoms with van der Waals surface area (Å²) in [6.45, 7) is 12.6. The van der Waals surface area contributed by atoms with Crippen LogP contribution in [0.5, 0.6) is 0 Å². The van der Waals surface area contributed by atoms with Crippen LogP contribution < -0.4 is 20.3 Å². The lowest BCUT2D eigenvalue weighted by Gasteiger charge is -2.37. The van der Waals surface area contributed by atoms with Gasteiger partial charge in [0.05, 0.1) is 41.3 Å². The molecule has 6 unspecified atom stereocenters. The van der Waals surface area contributed by atoms with Crippen LogP contribution in [0.1, 0.15) is 135 Å². The van der Waals surface area contributed by atoms with Crippen molar-refractivity contribution in [1.82, 2.24) is 5.32 Å². The molecule has 0 radical (unpaired) electrons. The van der Waals surface area contributed by atoms with Crippen molar-refractivity contribution in [3.8, 4) is 0 Å². The Labute approximate surface area is 499 Å². The number of aliphatic hydroxyl groups is 1. The number of carbonyl (C=O) groups is 3. The molecule has 9 rings (SSSR count). The van der Waals surface area contributed by atoms with Gasteiger partial charge in [-0.1, -0.05) is 150 Å². The number of nitrogens with zero attached hydrogens (tertiary/aromatic N) is 6. The Hall–Kier alpha value is -8.11. The Kier molecular flexibility index (Phi) is 22.8. The molecule has 0 fully saturated rings. The minimum atomic E-state index is -1.19. The smallest absolute Gasteiger partial charge is 0.334 e. The van der Waals surface area contributed by atoms with Crippen molar-refractivity contribution >= 4 is 52.0 Å². The fraction of sp³-hybridized carbons (Fsp3) is 0.391. The lowest BCUT2D eigenvalue weighted by molar-refractivity contribution is -0.147. The van der Waals surface area contributed by atoms with Gasteiger partial charge < -0.3 is 20.3 Å². The van der Waals surface area contributed by atoms with Crippen molar-refractivity contribution in [3.63, 3.8) is 0 Å². The van der Waals surface area contributed by atoms with Crippen LogP contribution in [0.3, 0.4) is 0 Å². The van der Waals surface area contributed by atoms with Crippen LogP contribution in [-0.4, -0.2) is 82.1 Å². The predicted molar refractivity (Wildman–Crippen MR) is 333 cm³/mol. The number of esters is 1. The van der Waals surface area contributed by atoms with E-state index in [1.165, 1.54) is 43.5 Å². The molecule has 0 aromatic heterocycles. The number of hydrogen-bond donors (Lipinski definition) is 3.